The van der Waals surface area contributed by atoms with E-state index in [1.165, 1.54) is 62.8 Å². The minimum Gasteiger partial charge on any atom is -0.496 e. The van der Waals surface area contributed by atoms with E-state index in [1.54, 1.807) is 10.6 Å². The summed E-state index contributed by atoms with van der Waals surface area (Å²) in [5, 5.41) is 3.21. The summed E-state index contributed by atoms with van der Waals surface area (Å²) < 4.78 is 52.1. The molecule has 0 bridgehead atoms. The summed E-state index contributed by atoms with van der Waals surface area (Å²) in [6.45, 7) is 0. The predicted octanol–water partition coefficient (Wildman–Crippen LogP) is 2.45. The van der Waals surface area contributed by atoms with Crippen molar-refractivity contribution in [3.8, 4) is 11.5 Å². The molecule has 2 N–H and O–H groups in total. The quantitative estimate of drug-likeness (QED) is 0.721. The minimum atomic E-state index is -5.35. The molecule has 1 heterocycles. The fourth-order valence-electron chi connectivity index (χ4n) is 2.98. The van der Waals surface area contributed by atoms with E-state index in [0.717, 1.165) is 0 Å². The van der Waals surface area contributed by atoms with Gasteiger partial charge in [-0.3, -0.25) is 14.9 Å². The zero-order valence-electron chi connectivity index (χ0n) is 15.7. The Morgan fingerprint density at radius 1 is 1.00 bits per heavy atom. The Kier molecular flexibility index (Phi) is 5.29. The first-order valence-electron chi connectivity index (χ1n) is 8.48. The molecule has 0 saturated carbocycles. The van der Waals surface area contributed by atoms with E-state index in [9.17, 15) is 27.6 Å². The van der Waals surface area contributed by atoms with Crippen LogP contribution in [0.15, 0.2) is 48.5 Å². The van der Waals surface area contributed by atoms with Gasteiger partial charge < -0.3 is 14.8 Å². The minimum absolute atomic E-state index is 0.00460. The predicted molar refractivity (Wildman–Crippen MR) is 98.3 cm³/mol. The van der Waals surface area contributed by atoms with Gasteiger partial charge in [-0.25, -0.2) is 9.69 Å². The first-order valence-corrected chi connectivity index (χ1v) is 8.48. The number of imide groups is 1. The molecule has 30 heavy (non-hydrogen) atoms. The molecule has 1 aliphatic rings. The van der Waals surface area contributed by atoms with Gasteiger partial charge in [0.15, 0.2) is 0 Å². The maximum absolute atomic E-state index is 14.0. The van der Waals surface area contributed by atoms with Gasteiger partial charge in [0.2, 0.25) is 0 Å². The van der Waals surface area contributed by atoms with Crippen LogP contribution in [-0.2, 0) is 4.79 Å². The van der Waals surface area contributed by atoms with E-state index < -0.39 is 29.7 Å². The van der Waals surface area contributed by atoms with Crippen molar-refractivity contribution >= 4 is 23.5 Å². The normalized spacial score (nSPS) is 18.8. The van der Waals surface area contributed by atoms with Crippen LogP contribution in [-0.4, -0.2) is 43.9 Å². The first-order chi connectivity index (χ1) is 14.2. The maximum atomic E-state index is 14.0. The number of urea groups is 1. The van der Waals surface area contributed by atoms with Gasteiger partial charge in [-0.05, 0) is 24.3 Å². The Labute approximate surface area is 168 Å². The number of ether oxygens (including phenoxy) is 2. The number of hydrogen-bond donors (Lipinski definition) is 2. The Morgan fingerprint density at radius 2 is 1.57 bits per heavy atom. The Morgan fingerprint density at radius 3 is 2.17 bits per heavy atom. The van der Waals surface area contributed by atoms with Gasteiger partial charge in [0.05, 0.1) is 25.5 Å². The number of carbonyl (C=O) groups excluding carboxylic acids is 3. The SMILES string of the molecule is COc1ccccc1C(=O)NC1(C(F)(F)F)NC(=O)N(c2ccccc2OC)C1=O. The van der Waals surface area contributed by atoms with Crippen LogP contribution in [0.5, 0.6) is 11.5 Å². The highest BCUT2D eigenvalue weighted by Crippen LogP contribution is 2.38. The van der Waals surface area contributed by atoms with Crippen LogP contribution in [0.1, 0.15) is 10.4 Å². The second kappa shape index (κ2) is 7.58. The summed E-state index contributed by atoms with van der Waals surface area (Å²) in [6, 6.07) is 9.68. The van der Waals surface area contributed by atoms with Crippen molar-refractivity contribution in [3.63, 3.8) is 0 Å². The van der Waals surface area contributed by atoms with Crippen LogP contribution in [0.25, 0.3) is 0 Å². The van der Waals surface area contributed by atoms with Gasteiger partial charge in [-0.1, -0.05) is 24.3 Å². The van der Waals surface area contributed by atoms with E-state index in [4.69, 9.17) is 9.47 Å². The topological polar surface area (TPSA) is 97.0 Å². The van der Waals surface area contributed by atoms with Crippen LogP contribution in [0.2, 0.25) is 0 Å². The number of para-hydroxylation sites is 3. The third kappa shape index (κ3) is 3.27. The molecule has 8 nitrogen and oxygen atoms in total. The second-order valence-corrected chi connectivity index (χ2v) is 6.14. The molecule has 158 valence electrons. The number of carbonyl (C=O) groups is 3. The lowest BCUT2D eigenvalue weighted by Crippen LogP contribution is -2.69. The number of nitrogens with one attached hydrogen (secondary N) is 2. The van der Waals surface area contributed by atoms with Crippen molar-refractivity contribution in [3.05, 3.63) is 54.1 Å². The molecule has 2 aromatic rings. The molecule has 1 atom stereocenters. The van der Waals surface area contributed by atoms with Crippen molar-refractivity contribution in [2.45, 2.75) is 11.8 Å². The lowest BCUT2D eigenvalue weighted by atomic mass is 10.1. The summed E-state index contributed by atoms with van der Waals surface area (Å²) in [6.07, 6.45) is -5.35. The van der Waals surface area contributed by atoms with Gasteiger partial charge in [0.25, 0.3) is 17.5 Å². The third-order valence-electron chi connectivity index (χ3n) is 4.43. The van der Waals surface area contributed by atoms with Gasteiger partial charge >= 0.3 is 12.2 Å². The zero-order chi connectivity index (χ0) is 22.1. The Balaban J connectivity index is 2.05. The maximum Gasteiger partial charge on any atom is 0.440 e. The molecule has 1 fully saturated rings. The van der Waals surface area contributed by atoms with Gasteiger partial charge in [0, 0.05) is 0 Å². The molecular weight excluding hydrogens is 407 g/mol. The highest BCUT2D eigenvalue weighted by Gasteiger charge is 2.69. The van der Waals surface area contributed by atoms with Crippen LogP contribution < -0.4 is 25.0 Å². The fourth-order valence-corrected chi connectivity index (χ4v) is 2.98. The summed E-state index contributed by atoms with van der Waals surface area (Å²) in [5.74, 6) is -3.01. The molecule has 1 saturated heterocycles. The molecular formula is C19H16F3N3O5. The lowest BCUT2D eigenvalue weighted by molar-refractivity contribution is -0.197. The van der Waals surface area contributed by atoms with Crippen molar-refractivity contribution < 1.29 is 37.0 Å². The molecule has 11 heteroatoms. The standard InChI is InChI=1S/C19H16F3N3O5/c1-29-13-9-5-3-7-11(13)15(26)23-18(19(20,21)22)16(27)25(17(28)24-18)12-8-4-6-10-14(12)30-2/h3-10H,1-2H3,(H,23,26)(H,24,28). The number of methoxy groups -OCH3 is 2. The Bertz CT molecular complexity index is 1010. The number of hydrogen-bond acceptors (Lipinski definition) is 5. The van der Waals surface area contributed by atoms with Gasteiger partial charge in [0.1, 0.15) is 11.5 Å². The number of nitrogens with zero attached hydrogens (tertiary/aromatic N) is 1. The first kappa shape index (κ1) is 21.0. The highest BCUT2D eigenvalue weighted by molar-refractivity contribution is 6.25. The largest absolute Gasteiger partial charge is 0.496 e. The number of amides is 4. The van der Waals surface area contributed by atoms with Crippen LogP contribution in [0.4, 0.5) is 23.7 Å². The van der Waals surface area contributed by atoms with Crippen molar-refractivity contribution in [1.29, 1.82) is 0 Å². The van der Waals surface area contributed by atoms with E-state index in [-0.39, 0.29) is 27.6 Å². The molecule has 0 aromatic heterocycles. The van der Waals surface area contributed by atoms with Crippen LogP contribution in [0.3, 0.4) is 0 Å². The summed E-state index contributed by atoms with van der Waals surface area (Å²) in [7, 11) is 2.47. The van der Waals surface area contributed by atoms with Crippen molar-refractivity contribution in [2.75, 3.05) is 19.1 Å². The molecule has 2 aromatic carbocycles. The van der Waals surface area contributed by atoms with E-state index in [0.29, 0.717) is 0 Å². The monoisotopic (exact) mass is 423 g/mol. The van der Waals surface area contributed by atoms with Crippen LogP contribution in [0, 0.1) is 0 Å². The Hall–Kier alpha value is -3.76. The molecule has 0 spiro atoms. The fraction of sp³-hybridized carbons (Fsp3) is 0.211. The second-order valence-electron chi connectivity index (χ2n) is 6.14. The van der Waals surface area contributed by atoms with Gasteiger partial charge in [-0.2, -0.15) is 13.2 Å². The van der Waals surface area contributed by atoms with Crippen molar-refractivity contribution in [2.24, 2.45) is 0 Å². The highest BCUT2D eigenvalue weighted by atomic mass is 19.4. The number of anilines is 1. The number of alkyl halides is 3. The van der Waals surface area contributed by atoms with Crippen molar-refractivity contribution in [1.82, 2.24) is 10.6 Å². The summed E-state index contributed by atoms with van der Waals surface area (Å²) in [4.78, 5) is 38.2. The molecule has 0 aliphatic carbocycles. The van der Waals surface area contributed by atoms with E-state index in [2.05, 4.69) is 0 Å². The number of rotatable bonds is 5. The molecule has 1 aliphatic heterocycles. The molecule has 1 unspecified atom stereocenters. The average molecular weight is 423 g/mol. The molecule has 4 amide bonds. The average Bonchev–Trinajstić information content (AvgIpc) is 2.98. The molecule has 0 radical (unpaired) electrons. The smallest absolute Gasteiger partial charge is 0.440 e. The van der Waals surface area contributed by atoms with Crippen LogP contribution >= 0.6 is 0 Å². The summed E-state index contributed by atoms with van der Waals surface area (Å²) in [5.41, 5.74) is -4.13. The van der Waals surface area contributed by atoms with Gasteiger partial charge in [-0.15, -0.1) is 0 Å². The lowest BCUT2D eigenvalue weighted by Gasteiger charge is -2.30. The molecule has 3 rings (SSSR count). The zero-order valence-corrected chi connectivity index (χ0v) is 15.7. The van der Waals surface area contributed by atoms with E-state index in [1.807, 2.05) is 0 Å². The van der Waals surface area contributed by atoms with E-state index >= 15 is 0 Å². The third-order valence-corrected chi connectivity index (χ3v) is 4.43. The summed E-state index contributed by atoms with van der Waals surface area (Å²) >= 11 is 0. The number of benzene rings is 2. The number of halogens is 3.